The van der Waals surface area contributed by atoms with E-state index in [9.17, 15) is 0 Å². The van der Waals surface area contributed by atoms with E-state index < -0.39 is 0 Å². The van der Waals surface area contributed by atoms with Gasteiger partial charge < -0.3 is 11.5 Å². The van der Waals surface area contributed by atoms with Crippen molar-refractivity contribution >= 4 is 34.6 Å². The maximum Gasteiger partial charge on any atom is 0.176 e. The van der Waals surface area contributed by atoms with Gasteiger partial charge in [0.15, 0.2) is 17.3 Å². The quantitative estimate of drug-likeness (QED) is 0.698. The molecule has 0 fully saturated rings. The lowest BCUT2D eigenvalue weighted by atomic mass is 10.2. The highest BCUT2D eigenvalue weighted by Gasteiger charge is 2.14. The highest BCUT2D eigenvalue weighted by Crippen LogP contribution is 2.34. The summed E-state index contributed by atoms with van der Waals surface area (Å²) in [6.07, 6.45) is 0. The molecule has 116 valence electrons. The van der Waals surface area contributed by atoms with Gasteiger partial charge in [0.05, 0.1) is 11.4 Å². The Morgan fingerprint density at radius 1 is 1.00 bits per heavy atom. The van der Waals surface area contributed by atoms with E-state index in [-0.39, 0.29) is 5.82 Å². The zero-order chi connectivity index (χ0) is 16.4. The number of anilines is 2. The third kappa shape index (κ3) is 2.89. The maximum absolute atomic E-state index is 6.11. The number of azo groups is 1. The molecule has 1 aromatic heterocycles. The normalized spacial score (nSPS) is 11.2. The smallest absolute Gasteiger partial charge is 0.176 e. The zero-order valence-corrected chi connectivity index (χ0v) is 13.2. The average molecular weight is 327 g/mol. The van der Waals surface area contributed by atoms with Gasteiger partial charge in [0.25, 0.3) is 0 Å². The summed E-state index contributed by atoms with van der Waals surface area (Å²) in [4.78, 5) is 0. The van der Waals surface area contributed by atoms with E-state index in [4.69, 9.17) is 23.1 Å². The molecule has 0 aliphatic carbocycles. The van der Waals surface area contributed by atoms with Gasteiger partial charge in [-0.1, -0.05) is 35.9 Å². The molecule has 0 atom stereocenters. The molecule has 0 aliphatic rings. The first-order chi connectivity index (χ1) is 11.1. The van der Waals surface area contributed by atoms with Crippen LogP contribution in [0.4, 0.5) is 23.0 Å². The fraction of sp³-hybridized carbons (Fsp3) is 0.0625. The third-order valence-corrected chi connectivity index (χ3v) is 3.83. The molecule has 7 heteroatoms. The summed E-state index contributed by atoms with van der Waals surface area (Å²) in [5, 5.41) is 13.2. The zero-order valence-electron chi connectivity index (χ0n) is 12.4. The Bertz CT molecular complexity index is 870. The summed E-state index contributed by atoms with van der Waals surface area (Å²) < 4.78 is 1.54. The van der Waals surface area contributed by atoms with Crippen LogP contribution in [0.1, 0.15) is 5.56 Å². The lowest BCUT2D eigenvalue weighted by Gasteiger charge is -2.03. The third-order valence-electron chi connectivity index (χ3n) is 3.42. The van der Waals surface area contributed by atoms with Gasteiger partial charge in [0, 0.05) is 5.02 Å². The molecule has 0 unspecified atom stereocenters. The molecule has 0 bridgehead atoms. The largest absolute Gasteiger partial charge is 0.382 e. The first kappa shape index (κ1) is 15.1. The van der Waals surface area contributed by atoms with E-state index in [0.29, 0.717) is 22.2 Å². The number of hydrogen-bond acceptors (Lipinski definition) is 5. The highest BCUT2D eigenvalue weighted by atomic mass is 35.5. The minimum absolute atomic E-state index is 0.217. The van der Waals surface area contributed by atoms with Crippen molar-refractivity contribution in [3.8, 4) is 5.69 Å². The maximum atomic E-state index is 6.11. The Kier molecular flexibility index (Phi) is 3.99. The molecule has 0 radical (unpaired) electrons. The molecule has 1 heterocycles. The Labute approximate surface area is 138 Å². The van der Waals surface area contributed by atoms with Crippen molar-refractivity contribution in [1.29, 1.82) is 0 Å². The van der Waals surface area contributed by atoms with Gasteiger partial charge in [0.2, 0.25) is 0 Å². The number of nitrogens with two attached hydrogens (primary N) is 2. The van der Waals surface area contributed by atoms with Crippen LogP contribution in [0.25, 0.3) is 5.69 Å². The van der Waals surface area contributed by atoms with Crippen LogP contribution in [0.2, 0.25) is 5.02 Å². The summed E-state index contributed by atoms with van der Waals surface area (Å²) in [5.41, 5.74) is 14.7. The summed E-state index contributed by atoms with van der Waals surface area (Å²) in [5.74, 6) is 0.548. The van der Waals surface area contributed by atoms with Crippen LogP contribution in [0.5, 0.6) is 0 Å². The Morgan fingerprint density at radius 2 is 1.74 bits per heavy atom. The molecule has 3 rings (SSSR count). The van der Waals surface area contributed by atoms with Gasteiger partial charge in [0.1, 0.15) is 0 Å². The molecule has 3 aromatic rings. The van der Waals surface area contributed by atoms with Crippen LogP contribution in [0, 0.1) is 6.92 Å². The number of benzene rings is 2. The molecular weight excluding hydrogens is 312 g/mol. The van der Waals surface area contributed by atoms with Crippen LogP contribution in [0.3, 0.4) is 0 Å². The van der Waals surface area contributed by atoms with Gasteiger partial charge in [-0.15, -0.1) is 15.3 Å². The first-order valence-electron chi connectivity index (χ1n) is 6.94. The number of rotatable bonds is 3. The molecule has 0 spiro atoms. The van der Waals surface area contributed by atoms with Gasteiger partial charge >= 0.3 is 0 Å². The fourth-order valence-electron chi connectivity index (χ4n) is 2.12. The second-order valence-electron chi connectivity index (χ2n) is 4.95. The summed E-state index contributed by atoms with van der Waals surface area (Å²) in [6, 6.07) is 14.9. The van der Waals surface area contributed by atoms with Crippen LogP contribution < -0.4 is 11.5 Å². The van der Waals surface area contributed by atoms with Crippen molar-refractivity contribution in [3.05, 3.63) is 59.1 Å². The molecule has 0 aliphatic heterocycles. The monoisotopic (exact) mass is 326 g/mol. The lowest BCUT2D eigenvalue weighted by Crippen LogP contribution is -2.01. The molecule has 0 saturated heterocycles. The van der Waals surface area contributed by atoms with Gasteiger partial charge in [-0.2, -0.15) is 0 Å². The SMILES string of the molecule is Cc1c(Cl)cccc1N=Nc1c(N)nn(-c2ccccc2)c1N. The van der Waals surface area contributed by atoms with E-state index in [1.165, 1.54) is 4.68 Å². The number of para-hydroxylation sites is 1. The molecule has 0 saturated carbocycles. The topological polar surface area (TPSA) is 94.6 Å². The van der Waals surface area contributed by atoms with Crippen LogP contribution in [-0.4, -0.2) is 9.78 Å². The van der Waals surface area contributed by atoms with Crippen molar-refractivity contribution in [2.75, 3.05) is 11.5 Å². The average Bonchev–Trinajstić information content (AvgIpc) is 2.84. The molecule has 2 aromatic carbocycles. The second kappa shape index (κ2) is 6.10. The van der Waals surface area contributed by atoms with Crippen molar-refractivity contribution in [3.63, 3.8) is 0 Å². The predicted molar refractivity (Wildman–Crippen MR) is 92.8 cm³/mol. The van der Waals surface area contributed by atoms with Crippen molar-refractivity contribution in [1.82, 2.24) is 9.78 Å². The van der Waals surface area contributed by atoms with E-state index in [1.54, 1.807) is 6.07 Å². The Hall–Kier alpha value is -2.86. The number of hydrogen-bond donors (Lipinski definition) is 2. The second-order valence-corrected chi connectivity index (χ2v) is 5.36. The van der Waals surface area contributed by atoms with Crippen LogP contribution >= 0.6 is 11.6 Å². The van der Waals surface area contributed by atoms with E-state index >= 15 is 0 Å². The van der Waals surface area contributed by atoms with Crippen LogP contribution in [-0.2, 0) is 0 Å². The first-order valence-corrected chi connectivity index (χ1v) is 7.32. The number of halogens is 1. The van der Waals surface area contributed by atoms with Crippen molar-refractivity contribution < 1.29 is 0 Å². The molecule has 23 heavy (non-hydrogen) atoms. The highest BCUT2D eigenvalue weighted by molar-refractivity contribution is 6.31. The Balaban J connectivity index is 2.00. The van der Waals surface area contributed by atoms with E-state index in [2.05, 4.69) is 15.3 Å². The summed E-state index contributed by atoms with van der Waals surface area (Å²) >= 11 is 6.07. The molecular formula is C16H15ClN6. The van der Waals surface area contributed by atoms with Crippen LogP contribution in [0.15, 0.2) is 58.8 Å². The molecule has 4 N–H and O–H groups in total. The summed E-state index contributed by atoms with van der Waals surface area (Å²) in [6.45, 7) is 1.87. The predicted octanol–water partition coefficient (Wildman–Crippen LogP) is 4.41. The van der Waals surface area contributed by atoms with Crippen molar-refractivity contribution in [2.45, 2.75) is 6.92 Å². The Morgan fingerprint density at radius 3 is 2.48 bits per heavy atom. The van der Waals surface area contributed by atoms with Gasteiger partial charge in [-0.05, 0) is 36.8 Å². The molecule has 0 amide bonds. The fourth-order valence-corrected chi connectivity index (χ4v) is 2.29. The minimum atomic E-state index is 0.217. The van der Waals surface area contributed by atoms with E-state index in [1.807, 2.05) is 49.4 Å². The van der Waals surface area contributed by atoms with E-state index in [0.717, 1.165) is 11.3 Å². The number of nitrogen functional groups attached to an aromatic ring is 2. The number of aromatic nitrogens is 2. The minimum Gasteiger partial charge on any atom is -0.382 e. The van der Waals surface area contributed by atoms with Gasteiger partial charge in [-0.3, -0.25) is 0 Å². The lowest BCUT2D eigenvalue weighted by molar-refractivity contribution is 0.897. The van der Waals surface area contributed by atoms with Crippen molar-refractivity contribution in [2.24, 2.45) is 10.2 Å². The number of nitrogens with zero attached hydrogens (tertiary/aromatic N) is 4. The molecule has 6 nitrogen and oxygen atoms in total. The van der Waals surface area contributed by atoms with Gasteiger partial charge in [-0.25, -0.2) is 4.68 Å². The standard InChI is InChI=1S/C16H15ClN6/c1-10-12(17)8-5-9-13(10)20-21-14-15(18)22-23(16(14)19)11-6-3-2-4-7-11/h2-9H,19H2,1H3,(H2,18,22). The summed E-state index contributed by atoms with van der Waals surface area (Å²) in [7, 11) is 0.